The van der Waals surface area contributed by atoms with Crippen LogP contribution in [0, 0.1) is 5.82 Å². The average Bonchev–Trinajstić information content (AvgIpc) is 3.04. The Morgan fingerprint density at radius 1 is 1.07 bits per heavy atom. The van der Waals surface area contributed by atoms with Crippen LogP contribution in [0.3, 0.4) is 0 Å². The lowest BCUT2D eigenvalue weighted by molar-refractivity contribution is -0.120. The number of furan rings is 1. The van der Waals surface area contributed by atoms with Gasteiger partial charge in [0.25, 0.3) is 5.91 Å². The van der Waals surface area contributed by atoms with E-state index in [4.69, 9.17) is 4.42 Å². The molecular weight excluding hydrogens is 367 g/mol. The molecule has 140 valence electrons. The molecule has 0 saturated heterocycles. The number of halogens is 1. The standard InChI is InChI=1S/C20H19FN2O3S/c1-2-22-18(24)11-23-20(25)19-14(13-7-3-5-9-16(13)26-19)12-27-17-10-6-4-8-15(17)21/h3-10H,2,11-12H2,1H3,(H,22,24)(H,23,25). The quantitative estimate of drug-likeness (QED) is 0.607. The maximum Gasteiger partial charge on any atom is 0.287 e. The SMILES string of the molecule is CCNC(=O)CNC(=O)c1oc2ccccc2c1CSc1ccccc1F. The number of thioether (sulfide) groups is 1. The van der Waals surface area contributed by atoms with Crippen LogP contribution >= 0.6 is 11.8 Å². The number of para-hydroxylation sites is 1. The Balaban J connectivity index is 1.84. The van der Waals surface area contributed by atoms with Crippen LogP contribution in [-0.2, 0) is 10.5 Å². The van der Waals surface area contributed by atoms with Crippen LogP contribution in [0.25, 0.3) is 11.0 Å². The van der Waals surface area contributed by atoms with Gasteiger partial charge in [-0.25, -0.2) is 4.39 Å². The summed E-state index contributed by atoms with van der Waals surface area (Å²) in [4.78, 5) is 24.6. The second kappa shape index (κ2) is 8.73. The molecule has 2 aromatic carbocycles. The van der Waals surface area contributed by atoms with Gasteiger partial charge in [-0.15, -0.1) is 11.8 Å². The van der Waals surface area contributed by atoms with Crippen molar-refractivity contribution in [1.82, 2.24) is 10.6 Å². The normalized spacial score (nSPS) is 10.7. The van der Waals surface area contributed by atoms with Crippen LogP contribution in [0.5, 0.6) is 0 Å². The van der Waals surface area contributed by atoms with Gasteiger partial charge in [0.1, 0.15) is 11.4 Å². The van der Waals surface area contributed by atoms with Crippen molar-refractivity contribution < 1.29 is 18.4 Å². The van der Waals surface area contributed by atoms with E-state index in [1.807, 2.05) is 18.2 Å². The summed E-state index contributed by atoms with van der Waals surface area (Å²) in [6.07, 6.45) is 0. The van der Waals surface area contributed by atoms with E-state index in [1.165, 1.54) is 17.8 Å². The third kappa shape index (κ3) is 4.49. The number of fused-ring (bicyclic) bond motifs is 1. The average molecular weight is 386 g/mol. The van der Waals surface area contributed by atoms with E-state index in [-0.39, 0.29) is 24.0 Å². The van der Waals surface area contributed by atoms with Crippen LogP contribution in [0.2, 0.25) is 0 Å². The summed E-state index contributed by atoms with van der Waals surface area (Å²) in [6, 6.07) is 13.8. The first-order valence-corrected chi connectivity index (χ1v) is 9.51. The fourth-order valence-electron chi connectivity index (χ4n) is 2.64. The summed E-state index contributed by atoms with van der Waals surface area (Å²) in [6.45, 7) is 2.16. The summed E-state index contributed by atoms with van der Waals surface area (Å²) in [7, 11) is 0. The van der Waals surface area contributed by atoms with Crippen LogP contribution in [0.4, 0.5) is 4.39 Å². The number of amides is 2. The lowest BCUT2D eigenvalue weighted by Gasteiger charge is -2.06. The molecule has 5 nitrogen and oxygen atoms in total. The van der Waals surface area contributed by atoms with Gasteiger partial charge < -0.3 is 15.1 Å². The molecule has 1 aromatic heterocycles. The van der Waals surface area contributed by atoms with Crippen molar-refractivity contribution in [2.24, 2.45) is 0 Å². The molecule has 0 radical (unpaired) electrons. The van der Waals surface area contributed by atoms with Crippen LogP contribution in [0.1, 0.15) is 23.0 Å². The molecule has 0 unspecified atom stereocenters. The minimum Gasteiger partial charge on any atom is -0.451 e. The van der Waals surface area contributed by atoms with E-state index < -0.39 is 5.91 Å². The predicted octanol–water partition coefficient (Wildman–Crippen LogP) is 3.73. The van der Waals surface area contributed by atoms with Crippen molar-refractivity contribution in [2.45, 2.75) is 17.6 Å². The number of rotatable bonds is 7. The first kappa shape index (κ1) is 19.0. The third-order valence-corrected chi connectivity index (χ3v) is 4.97. The molecule has 2 N–H and O–H groups in total. The van der Waals surface area contributed by atoms with E-state index in [1.54, 1.807) is 31.2 Å². The summed E-state index contributed by atoms with van der Waals surface area (Å²) >= 11 is 1.29. The number of nitrogens with one attached hydrogen (secondary N) is 2. The lowest BCUT2D eigenvalue weighted by atomic mass is 10.1. The zero-order valence-electron chi connectivity index (χ0n) is 14.8. The van der Waals surface area contributed by atoms with Gasteiger partial charge in [0.05, 0.1) is 6.54 Å². The molecule has 0 saturated carbocycles. The van der Waals surface area contributed by atoms with Gasteiger partial charge >= 0.3 is 0 Å². The number of likely N-dealkylation sites (N-methyl/N-ethyl adjacent to an activating group) is 1. The van der Waals surface area contributed by atoms with Gasteiger partial charge in [-0.2, -0.15) is 0 Å². The third-order valence-electron chi connectivity index (χ3n) is 3.90. The summed E-state index contributed by atoms with van der Waals surface area (Å²) in [5.41, 5.74) is 1.25. The molecule has 0 atom stereocenters. The van der Waals surface area contributed by atoms with Gasteiger partial charge in [0.2, 0.25) is 5.91 Å². The monoisotopic (exact) mass is 386 g/mol. The van der Waals surface area contributed by atoms with Crippen molar-refractivity contribution >= 4 is 34.5 Å². The fourth-order valence-corrected chi connectivity index (χ4v) is 3.60. The highest BCUT2D eigenvalue weighted by Crippen LogP contribution is 2.32. The minimum atomic E-state index is -0.471. The van der Waals surface area contributed by atoms with Gasteiger partial charge in [-0.1, -0.05) is 30.3 Å². The second-order valence-corrected chi connectivity index (χ2v) is 6.78. The van der Waals surface area contributed by atoms with E-state index in [0.29, 0.717) is 28.3 Å². The lowest BCUT2D eigenvalue weighted by Crippen LogP contribution is -2.36. The molecular formula is C20H19FN2O3S. The fraction of sp³-hybridized carbons (Fsp3) is 0.200. The topological polar surface area (TPSA) is 71.3 Å². The molecule has 3 rings (SSSR count). The van der Waals surface area contributed by atoms with E-state index in [2.05, 4.69) is 10.6 Å². The molecule has 0 bridgehead atoms. The summed E-state index contributed by atoms with van der Waals surface area (Å²) in [5.74, 6) is -0.547. The molecule has 27 heavy (non-hydrogen) atoms. The molecule has 0 aliphatic heterocycles. The highest BCUT2D eigenvalue weighted by atomic mass is 32.2. The van der Waals surface area contributed by atoms with Crippen molar-refractivity contribution in [3.05, 3.63) is 65.7 Å². The van der Waals surface area contributed by atoms with Crippen molar-refractivity contribution in [1.29, 1.82) is 0 Å². The van der Waals surface area contributed by atoms with Gasteiger partial charge in [-0.05, 0) is 25.1 Å². The molecule has 2 amide bonds. The molecule has 0 spiro atoms. The zero-order chi connectivity index (χ0) is 19.2. The number of benzene rings is 2. The largest absolute Gasteiger partial charge is 0.451 e. The highest BCUT2D eigenvalue weighted by molar-refractivity contribution is 7.98. The Labute approximate surface area is 160 Å². The molecule has 0 aliphatic rings. The second-order valence-electron chi connectivity index (χ2n) is 5.76. The number of hydrogen-bond donors (Lipinski definition) is 2. The first-order chi connectivity index (χ1) is 13.1. The smallest absolute Gasteiger partial charge is 0.287 e. The molecule has 7 heteroatoms. The van der Waals surface area contributed by atoms with Crippen molar-refractivity contribution in [3.8, 4) is 0 Å². The number of carbonyl (C=O) groups is 2. The first-order valence-electron chi connectivity index (χ1n) is 8.52. The maximum atomic E-state index is 13.9. The Kier molecular flexibility index (Phi) is 6.13. The molecule has 0 aliphatic carbocycles. The minimum absolute atomic E-state index is 0.135. The number of hydrogen-bond acceptors (Lipinski definition) is 4. The Hall–Kier alpha value is -2.80. The number of carbonyl (C=O) groups excluding carboxylic acids is 2. The summed E-state index contributed by atoms with van der Waals surface area (Å²) in [5, 5.41) is 5.98. The molecule has 0 fully saturated rings. The van der Waals surface area contributed by atoms with Gasteiger partial charge in [-0.3, -0.25) is 9.59 Å². The van der Waals surface area contributed by atoms with Crippen molar-refractivity contribution in [3.63, 3.8) is 0 Å². The Morgan fingerprint density at radius 3 is 2.59 bits per heavy atom. The van der Waals surface area contributed by atoms with E-state index in [9.17, 15) is 14.0 Å². The predicted molar refractivity (Wildman–Crippen MR) is 103 cm³/mol. The van der Waals surface area contributed by atoms with E-state index >= 15 is 0 Å². The van der Waals surface area contributed by atoms with Gasteiger partial charge in [0.15, 0.2) is 5.76 Å². The van der Waals surface area contributed by atoms with Crippen LogP contribution in [-0.4, -0.2) is 24.9 Å². The molecule has 3 aromatic rings. The zero-order valence-corrected chi connectivity index (χ0v) is 15.6. The van der Waals surface area contributed by atoms with E-state index in [0.717, 1.165) is 5.39 Å². The van der Waals surface area contributed by atoms with Crippen LogP contribution < -0.4 is 10.6 Å². The Bertz CT molecular complexity index is 971. The van der Waals surface area contributed by atoms with Crippen LogP contribution in [0.15, 0.2) is 57.8 Å². The summed E-state index contributed by atoms with van der Waals surface area (Å²) < 4.78 is 19.6. The van der Waals surface area contributed by atoms with Crippen molar-refractivity contribution in [2.75, 3.05) is 13.1 Å². The highest BCUT2D eigenvalue weighted by Gasteiger charge is 2.21. The molecule has 1 heterocycles. The maximum absolute atomic E-state index is 13.9. The van der Waals surface area contributed by atoms with Gasteiger partial charge in [0, 0.05) is 28.1 Å². The Morgan fingerprint density at radius 2 is 1.81 bits per heavy atom.